The van der Waals surface area contributed by atoms with E-state index in [1.807, 2.05) is 30.3 Å². The number of aryl methyl sites for hydroxylation is 1. The van der Waals surface area contributed by atoms with Crippen LogP contribution in [0.4, 0.5) is 0 Å². The summed E-state index contributed by atoms with van der Waals surface area (Å²) >= 11 is 0. The third kappa shape index (κ3) is 7.52. The Kier molecular flexibility index (Phi) is 9.69. The quantitative estimate of drug-likeness (QED) is 0.157. The maximum absolute atomic E-state index is 7.23. The number of benzene rings is 5. The number of hydrogen-bond donors (Lipinski definition) is 0. The number of nitrogens with zero attached hydrogens (tertiary/aromatic N) is 3. The normalized spacial score (nSPS) is 12.1. The molecule has 2 aromatic heterocycles. The van der Waals surface area contributed by atoms with Crippen LogP contribution in [0.1, 0.15) is 60.3 Å². The van der Waals surface area contributed by atoms with Gasteiger partial charge in [-0.3, -0.25) is 4.98 Å². The molecule has 237 valence electrons. The molecule has 0 spiro atoms. The Morgan fingerprint density at radius 2 is 1.32 bits per heavy atom. The molecule has 2 heterocycles. The molecular weight excluding hydrogens is 751 g/mol. The second-order valence-electron chi connectivity index (χ2n) is 11.9. The van der Waals surface area contributed by atoms with Gasteiger partial charge in [-0.25, -0.2) is 0 Å². The molecule has 1 radical (unpaired) electrons. The van der Waals surface area contributed by atoms with Gasteiger partial charge in [0.1, 0.15) is 0 Å². The molecule has 0 N–H and O–H groups in total. The number of fused-ring (bicyclic) bond motifs is 1. The van der Waals surface area contributed by atoms with Crippen molar-refractivity contribution in [2.45, 2.75) is 46.4 Å². The van der Waals surface area contributed by atoms with E-state index >= 15 is 0 Å². The summed E-state index contributed by atoms with van der Waals surface area (Å²) in [6.07, 6.45) is 1.39. The summed E-state index contributed by atoms with van der Waals surface area (Å²) in [6.45, 7) is 6.98. The van der Waals surface area contributed by atoms with Crippen molar-refractivity contribution in [3.63, 3.8) is 0 Å². The average molecular weight is 793 g/mol. The van der Waals surface area contributed by atoms with E-state index in [1.54, 1.807) is 18.2 Å². The van der Waals surface area contributed by atoms with Crippen LogP contribution in [0.25, 0.3) is 50.5 Å². The summed E-state index contributed by atoms with van der Waals surface area (Å²) in [5, 5.41) is 0. The first-order valence-corrected chi connectivity index (χ1v) is 15.7. The molecule has 4 heteroatoms. The van der Waals surface area contributed by atoms with Crippen molar-refractivity contribution in [3.8, 4) is 39.5 Å². The molecule has 0 bridgehead atoms. The number of rotatable bonds is 6. The van der Waals surface area contributed by atoms with Crippen molar-refractivity contribution in [2.75, 3.05) is 0 Å². The molecule has 7 aromatic rings. The van der Waals surface area contributed by atoms with Crippen LogP contribution >= 0.6 is 0 Å². The molecule has 0 saturated carbocycles. The van der Waals surface area contributed by atoms with Gasteiger partial charge in [-0.2, -0.15) is 0 Å². The molecule has 5 aromatic carbocycles. The Labute approximate surface area is 297 Å². The first-order valence-electron chi connectivity index (χ1n) is 17.2. The molecule has 0 aliphatic rings. The predicted molar refractivity (Wildman–Crippen MR) is 192 cm³/mol. The SMILES string of the molecule is CC(C)c1cccc(C(C)C)c1-n1c(-c2[c-]cccc2)nc2cc(-c3ccccc3)ccc21.[2H]C([2H])([2H])c1ccc(-c2[c-]cccc2)nc1.[Ir]. The van der Waals surface area contributed by atoms with Crippen molar-refractivity contribution < 1.29 is 24.2 Å². The van der Waals surface area contributed by atoms with Crippen LogP contribution in [0, 0.1) is 19.0 Å². The maximum atomic E-state index is 7.23. The minimum atomic E-state index is -2.09. The van der Waals surface area contributed by atoms with E-state index < -0.39 is 6.85 Å². The van der Waals surface area contributed by atoms with Crippen LogP contribution in [0.15, 0.2) is 134 Å². The molecular formula is C43H39IrN3-2. The van der Waals surface area contributed by atoms with Gasteiger partial charge in [0, 0.05) is 36.1 Å². The number of imidazole rings is 1. The minimum absolute atomic E-state index is 0. The fraction of sp³-hybridized carbons (Fsp3) is 0.163. The molecule has 0 aliphatic heterocycles. The smallest absolute Gasteiger partial charge is 0.0780 e. The fourth-order valence-corrected chi connectivity index (χ4v) is 5.71. The van der Waals surface area contributed by atoms with Crippen LogP contribution in [0.5, 0.6) is 0 Å². The predicted octanol–water partition coefficient (Wildman–Crippen LogP) is 11.3. The molecule has 0 aliphatic carbocycles. The van der Waals surface area contributed by atoms with Gasteiger partial charge in [0.05, 0.1) is 16.9 Å². The van der Waals surface area contributed by atoms with Crippen LogP contribution in [0.3, 0.4) is 0 Å². The molecule has 47 heavy (non-hydrogen) atoms. The van der Waals surface area contributed by atoms with E-state index in [2.05, 4.69) is 128 Å². The topological polar surface area (TPSA) is 30.7 Å². The largest absolute Gasteiger partial charge is 0.333 e. The van der Waals surface area contributed by atoms with Gasteiger partial charge in [-0.05, 0) is 64.3 Å². The van der Waals surface area contributed by atoms with Gasteiger partial charge in [0.15, 0.2) is 0 Å². The molecule has 0 unspecified atom stereocenters. The zero-order chi connectivity index (χ0) is 34.5. The van der Waals surface area contributed by atoms with E-state index in [4.69, 9.17) is 9.10 Å². The van der Waals surface area contributed by atoms with Gasteiger partial charge in [0.2, 0.25) is 0 Å². The second-order valence-corrected chi connectivity index (χ2v) is 11.9. The van der Waals surface area contributed by atoms with E-state index in [0.717, 1.165) is 33.7 Å². The van der Waals surface area contributed by atoms with Gasteiger partial charge in [-0.1, -0.05) is 94.4 Å². The summed E-state index contributed by atoms with van der Waals surface area (Å²) < 4.78 is 24.1. The molecule has 3 nitrogen and oxygen atoms in total. The average Bonchev–Trinajstić information content (AvgIpc) is 3.51. The van der Waals surface area contributed by atoms with Crippen molar-refractivity contribution in [3.05, 3.63) is 162 Å². The van der Waals surface area contributed by atoms with Crippen molar-refractivity contribution in [1.29, 1.82) is 0 Å². The van der Waals surface area contributed by atoms with Crippen molar-refractivity contribution >= 4 is 11.0 Å². The van der Waals surface area contributed by atoms with E-state index in [1.165, 1.54) is 34.1 Å². The van der Waals surface area contributed by atoms with Gasteiger partial charge in [0.25, 0.3) is 0 Å². The Morgan fingerprint density at radius 1 is 0.660 bits per heavy atom. The Bertz CT molecular complexity index is 2110. The van der Waals surface area contributed by atoms with Crippen LogP contribution in [0.2, 0.25) is 0 Å². The van der Waals surface area contributed by atoms with Crippen LogP contribution in [-0.2, 0) is 20.1 Å². The van der Waals surface area contributed by atoms with Crippen LogP contribution in [-0.4, -0.2) is 14.5 Å². The Balaban J connectivity index is 0.000000241. The molecule has 0 amide bonds. The third-order valence-corrected chi connectivity index (χ3v) is 8.03. The van der Waals surface area contributed by atoms with Crippen molar-refractivity contribution in [2.24, 2.45) is 0 Å². The van der Waals surface area contributed by atoms with Gasteiger partial charge >= 0.3 is 0 Å². The number of aromatic nitrogens is 3. The summed E-state index contributed by atoms with van der Waals surface area (Å²) in [5.41, 5.74) is 11.3. The first-order chi connectivity index (χ1) is 23.6. The van der Waals surface area contributed by atoms with E-state index in [0.29, 0.717) is 11.8 Å². The monoisotopic (exact) mass is 793 g/mol. The number of hydrogen-bond acceptors (Lipinski definition) is 2. The number of pyridine rings is 1. The zero-order valence-electron chi connectivity index (χ0n) is 30.0. The molecule has 0 atom stereocenters. The molecule has 0 fully saturated rings. The van der Waals surface area contributed by atoms with E-state index in [-0.39, 0.29) is 25.7 Å². The summed E-state index contributed by atoms with van der Waals surface area (Å²) in [4.78, 5) is 9.30. The fourth-order valence-electron chi connectivity index (χ4n) is 5.71. The van der Waals surface area contributed by atoms with Crippen LogP contribution < -0.4 is 0 Å². The van der Waals surface area contributed by atoms with Gasteiger partial charge < -0.3 is 9.55 Å². The maximum Gasteiger partial charge on any atom is 0.0780 e. The summed E-state index contributed by atoms with van der Waals surface area (Å²) in [5.74, 6) is 1.73. The minimum Gasteiger partial charge on any atom is -0.333 e. The Hall–Kier alpha value is -4.63. The summed E-state index contributed by atoms with van der Waals surface area (Å²) in [7, 11) is 0. The van der Waals surface area contributed by atoms with Crippen molar-refractivity contribution in [1.82, 2.24) is 14.5 Å². The van der Waals surface area contributed by atoms with E-state index in [9.17, 15) is 0 Å². The molecule has 7 rings (SSSR count). The Morgan fingerprint density at radius 3 is 1.89 bits per heavy atom. The number of para-hydroxylation sites is 1. The molecule has 0 saturated heterocycles. The third-order valence-electron chi connectivity index (χ3n) is 8.03. The zero-order valence-corrected chi connectivity index (χ0v) is 29.4. The standard InChI is InChI=1S/C31H29N2.C12H10N.Ir/c1-21(2)26-16-11-17-27(22(3)4)30(26)33-29-19-18-25(23-12-7-5-8-13-23)20-28(29)32-31(33)24-14-9-6-10-15-24;1-10-7-8-12(13-9-10)11-5-3-2-4-6-11;/h5-14,16-22H,1-4H3;2-5,7-9H,1H3;/q2*-1;/i;1D3;. The second kappa shape index (κ2) is 15.3. The van der Waals surface area contributed by atoms with Gasteiger partial charge in [-0.15, -0.1) is 71.8 Å². The first kappa shape index (κ1) is 29.8. The summed E-state index contributed by atoms with van der Waals surface area (Å²) in [6, 6.07) is 49.2.